The van der Waals surface area contributed by atoms with Crippen molar-refractivity contribution in [2.45, 2.75) is 13.8 Å². The molecule has 2 heterocycles. The van der Waals surface area contributed by atoms with Crippen LogP contribution in [0.4, 0.5) is 11.5 Å². The van der Waals surface area contributed by atoms with Gasteiger partial charge in [0.1, 0.15) is 5.82 Å². The Morgan fingerprint density at radius 1 is 1.19 bits per heavy atom. The lowest BCUT2D eigenvalue weighted by Gasteiger charge is -2.37. The van der Waals surface area contributed by atoms with Crippen LogP contribution in [0, 0.1) is 13.8 Å². The van der Waals surface area contributed by atoms with Crippen LogP contribution in [0.5, 0.6) is 0 Å². The molecule has 1 aliphatic rings. The minimum Gasteiger partial charge on any atom is -0.368 e. The topological polar surface area (TPSA) is 48.5 Å². The van der Waals surface area contributed by atoms with Crippen molar-refractivity contribution in [1.29, 1.82) is 0 Å². The van der Waals surface area contributed by atoms with Gasteiger partial charge in [0.15, 0.2) is 0 Å². The van der Waals surface area contributed by atoms with Gasteiger partial charge in [-0.2, -0.15) is 0 Å². The first-order chi connectivity index (χ1) is 12.6. The first-order valence-corrected chi connectivity index (χ1v) is 9.01. The number of hydrogen-bond acceptors (Lipinski definition) is 4. The standard InChI is InChI=1S/C21H26N4O/c1-4-10-22-20-9-8-18(15-23-20)21(26)25-13-11-24(12-14-25)19-7-5-6-16(2)17(19)3/h4-9,15H,1,10-14H2,2-3H3,(H,22,23). The maximum absolute atomic E-state index is 12.7. The number of rotatable bonds is 5. The molecule has 1 aromatic carbocycles. The van der Waals surface area contributed by atoms with E-state index in [9.17, 15) is 4.79 Å². The molecule has 1 aliphatic heterocycles. The summed E-state index contributed by atoms with van der Waals surface area (Å²) in [5.74, 6) is 0.801. The number of nitrogens with one attached hydrogen (secondary N) is 1. The highest BCUT2D eigenvalue weighted by molar-refractivity contribution is 5.94. The Hall–Kier alpha value is -2.82. The molecule has 1 fully saturated rings. The van der Waals surface area contributed by atoms with Crippen molar-refractivity contribution in [1.82, 2.24) is 9.88 Å². The Balaban J connectivity index is 1.61. The summed E-state index contributed by atoms with van der Waals surface area (Å²) in [7, 11) is 0. The molecule has 3 rings (SSSR count). The van der Waals surface area contributed by atoms with Crippen LogP contribution in [0.2, 0.25) is 0 Å². The Labute approximate surface area is 155 Å². The Morgan fingerprint density at radius 3 is 2.62 bits per heavy atom. The molecule has 136 valence electrons. The summed E-state index contributed by atoms with van der Waals surface area (Å²) in [6.07, 6.45) is 3.42. The van der Waals surface area contributed by atoms with Crippen LogP contribution in [0.3, 0.4) is 0 Å². The lowest BCUT2D eigenvalue weighted by atomic mass is 10.1. The molecule has 0 saturated carbocycles. The highest BCUT2D eigenvalue weighted by Gasteiger charge is 2.23. The fraction of sp³-hybridized carbons (Fsp3) is 0.333. The van der Waals surface area contributed by atoms with E-state index >= 15 is 0 Å². The number of aromatic nitrogens is 1. The molecule has 1 N–H and O–H groups in total. The second kappa shape index (κ2) is 8.04. The molecule has 0 radical (unpaired) electrons. The van der Waals surface area contributed by atoms with Gasteiger partial charge >= 0.3 is 0 Å². The van der Waals surface area contributed by atoms with E-state index in [-0.39, 0.29) is 5.91 Å². The van der Waals surface area contributed by atoms with Crippen LogP contribution in [-0.4, -0.2) is 48.5 Å². The number of pyridine rings is 1. The quantitative estimate of drug-likeness (QED) is 0.841. The van der Waals surface area contributed by atoms with Crippen molar-refractivity contribution in [3.63, 3.8) is 0 Å². The Morgan fingerprint density at radius 2 is 1.96 bits per heavy atom. The normalized spacial score (nSPS) is 14.2. The molecule has 5 nitrogen and oxygen atoms in total. The molecule has 0 aliphatic carbocycles. The van der Waals surface area contributed by atoms with Crippen molar-refractivity contribution in [3.8, 4) is 0 Å². The third-order valence-electron chi connectivity index (χ3n) is 4.92. The Kier molecular flexibility index (Phi) is 5.56. The van der Waals surface area contributed by atoms with E-state index in [0.717, 1.165) is 32.0 Å². The second-order valence-corrected chi connectivity index (χ2v) is 6.60. The third kappa shape index (κ3) is 3.87. The fourth-order valence-corrected chi connectivity index (χ4v) is 3.21. The van der Waals surface area contributed by atoms with E-state index in [1.54, 1.807) is 12.3 Å². The van der Waals surface area contributed by atoms with E-state index in [1.165, 1.54) is 16.8 Å². The molecule has 0 unspecified atom stereocenters. The monoisotopic (exact) mass is 350 g/mol. The zero-order valence-electron chi connectivity index (χ0n) is 15.5. The van der Waals surface area contributed by atoms with Gasteiger partial charge in [0.25, 0.3) is 5.91 Å². The van der Waals surface area contributed by atoms with Gasteiger partial charge in [0.05, 0.1) is 5.56 Å². The van der Waals surface area contributed by atoms with Crippen LogP contribution in [0.25, 0.3) is 0 Å². The van der Waals surface area contributed by atoms with Gasteiger partial charge < -0.3 is 15.1 Å². The van der Waals surface area contributed by atoms with Gasteiger partial charge in [0, 0.05) is 44.6 Å². The molecule has 1 aromatic heterocycles. The van der Waals surface area contributed by atoms with Crippen molar-refractivity contribution in [2.75, 3.05) is 42.9 Å². The molecular formula is C21H26N4O. The van der Waals surface area contributed by atoms with Crippen LogP contribution in [0.1, 0.15) is 21.5 Å². The number of carbonyl (C=O) groups excluding carboxylic acids is 1. The second-order valence-electron chi connectivity index (χ2n) is 6.60. The highest BCUT2D eigenvalue weighted by Crippen LogP contribution is 2.24. The van der Waals surface area contributed by atoms with E-state index in [1.807, 2.05) is 17.0 Å². The maximum Gasteiger partial charge on any atom is 0.255 e. The SMILES string of the molecule is C=CCNc1ccc(C(=O)N2CCN(c3cccc(C)c3C)CC2)cn1. The largest absolute Gasteiger partial charge is 0.368 e. The van der Waals surface area contributed by atoms with Gasteiger partial charge in [-0.25, -0.2) is 4.98 Å². The molecule has 5 heteroatoms. The minimum absolute atomic E-state index is 0.0494. The molecular weight excluding hydrogens is 324 g/mol. The van der Waals surface area contributed by atoms with Crippen LogP contribution < -0.4 is 10.2 Å². The van der Waals surface area contributed by atoms with Crippen molar-refractivity contribution in [3.05, 3.63) is 65.9 Å². The molecule has 0 bridgehead atoms. The van der Waals surface area contributed by atoms with Gasteiger partial charge in [-0.15, -0.1) is 6.58 Å². The van der Waals surface area contributed by atoms with Crippen molar-refractivity contribution in [2.24, 2.45) is 0 Å². The van der Waals surface area contributed by atoms with Gasteiger partial charge in [-0.05, 0) is 43.2 Å². The van der Waals surface area contributed by atoms with E-state index in [0.29, 0.717) is 12.1 Å². The molecule has 2 aromatic rings. The summed E-state index contributed by atoms with van der Waals surface area (Å²) in [6.45, 7) is 11.8. The number of hydrogen-bond donors (Lipinski definition) is 1. The average molecular weight is 350 g/mol. The Bertz CT molecular complexity index is 777. The zero-order valence-corrected chi connectivity index (χ0v) is 15.5. The minimum atomic E-state index is 0.0494. The fourth-order valence-electron chi connectivity index (χ4n) is 3.21. The number of aryl methyl sites for hydroxylation is 1. The van der Waals surface area contributed by atoms with E-state index in [2.05, 4.69) is 53.8 Å². The van der Waals surface area contributed by atoms with Gasteiger partial charge in [0.2, 0.25) is 0 Å². The molecule has 1 saturated heterocycles. The van der Waals surface area contributed by atoms with Crippen LogP contribution >= 0.6 is 0 Å². The number of carbonyl (C=O) groups is 1. The maximum atomic E-state index is 12.7. The van der Waals surface area contributed by atoms with E-state index in [4.69, 9.17) is 0 Å². The molecule has 0 spiro atoms. The first-order valence-electron chi connectivity index (χ1n) is 9.01. The third-order valence-corrected chi connectivity index (χ3v) is 4.92. The van der Waals surface area contributed by atoms with Crippen molar-refractivity contribution < 1.29 is 4.79 Å². The summed E-state index contributed by atoms with van der Waals surface area (Å²) in [5.41, 5.74) is 4.53. The van der Waals surface area contributed by atoms with Gasteiger partial charge in [-0.3, -0.25) is 4.79 Å². The average Bonchev–Trinajstić information content (AvgIpc) is 2.68. The summed E-state index contributed by atoms with van der Waals surface area (Å²) < 4.78 is 0. The lowest BCUT2D eigenvalue weighted by molar-refractivity contribution is 0.0746. The lowest BCUT2D eigenvalue weighted by Crippen LogP contribution is -2.49. The number of piperazine rings is 1. The van der Waals surface area contributed by atoms with Crippen molar-refractivity contribution >= 4 is 17.4 Å². The summed E-state index contributed by atoms with van der Waals surface area (Å²) in [4.78, 5) is 21.3. The zero-order chi connectivity index (χ0) is 18.5. The summed E-state index contributed by atoms with van der Waals surface area (Å²) in [6, 6.07) is 10.1. The number of anilines is 2. The molecule has 0 atom stereocenters. The predicted molar refractivity (Wildman–Crippen MR) is 107 cm³/mol. The van der Waals surface area contributed by atoms with Crippen LogP contribution in [0.15, 0.2) is 49.2 Å². The molecule has 26 heavy (non-hydrogen) atoms. The number of amides is 1. The smallest absolute Gasteiger partial charge is 0.255 e. The van der Waals surface area contributed by atoms with Crippen LogP contribution in [-0.2, 0) is 0 Å². The predicted octanol–water partition coefficient (Wildman–Crippen LogP) is 3.26. The summed E-state index contributed by atoms with van der Waals surface area (Å²) >= 11 is 0. The number of nitrogens with zero attached hydrogens (tertiary/aromatic N) is 3. The van der Waals surface area contributed by atoms with E-state index < -0.39 is 0 Å². The number of benzene rings is 1. The molecule has 1 amide bonds. The van der Waals surface area contributed by atoms with Gasteiger partial charge in [-0.1, -0.05) is 18.2 Å². The summed E-state index contributed by atoms with van der Waals surface area (Å²) in [5, 5.41) is 3.11. The first kappa shape index (κ1) is 18.0. The highest BCUT2D eigenvalue weighted by atomic mass is 16.2.